The maximum absolute atomic E-state index is 12.9. The molecule has 0 unspecified atom stereocenters. The second kappa shape index (κ2) is 8.02. The number of aromatic nitrogens is 1. The molecule has 1 amide bonds. The number of primary sulfonamides is 1. The summed E-state index contributed by atoms with van der Waals surface area (Å²) < 4.78 is 25.7. The summed E-state index contributed by atoms with van der Waals surface area (Å²) in [4.78, 5) is 12.9. The van der Waals surface area contributed by atoms with Gasteiger partial charge >= 0.3 is 0 Å². The predicted octanol–water partition coefficient (Wildman–Crippen LogP) is 4.21. The summed E-state index contributed by atoms with van der Waals surface area (Å²) in [6.07, 6.45) is 0.516. The number of hydrogen-bond donors (Lipinski definition) is 2. The molecule has 0 saturated heterocycles. The Hall–Kier alpha value is -2.61. The number of nitrogens with zero attached hydrogens (tertiary/aromatic N) is 1. The van der Waals surface area contributed by atoms with Gasteiger partial charge in [-0.3, -0.25) is 4.79 Å². The van der Waals surface area contributed by atoms with E-state index in [0.29, 0.717) is 28.3 Å². The Bertz CT molecular complexity index is 1180. The van der Waals surface area contributed by atoms with Crippen LogP contribution >= 0.6 is 11.6 Å². The Morgan fingerprint density at radius 1 is 1.10 bits per heavy atom. The van der Waals surface area contributed by atoms with Crippen LogP contribution in [0.4, 0.5) is 5.69 Å². The topological polar surface area (TPSA) is 94.2 Å². The predicted molar refractivity (Wildman–Crippen MR) is 115 cm³/mol. The van der Waals surface area contributed by atoms with Crippen LogP contribution in [0.5, 0.6) is 0 Å². The third kappa shape index (κ3) is 4.37. The Balaban J connectivity index is 1.95. The molecule has 3 rings (SSSR count). The first kappa shape index (κ1) is 21.1. The molecule has 29 heavy (non-hydrogen) atoms. The maximum Gasteiger partial charge on any atom is 0.257 e. The Morgan fingerprint density at radius 2 is 1.76 bits per heavy atom. The van der Waals surface area contributed by atoms with E-state index in [9.17, 15) is 13.2 Å². The quantitative estimate of drug-likeness (QED) is 0.633. The molecule has 8 heteroatoms. The Labute approximate surface area is 175 Å². The number of carbonyl (C=O) groups is 1. The second-order valence-electron chi connectivity index (χ2n) is 6.77. The van der Waals surface area contributed by atoms with E-state index in [0.717, 1.165) is 17.1 Å². The van der Waals surface area contributed by atoms with E-state index in [1.165, 1.54) is 6.07 Å². The van der Waals surface area contributed by atoms with Crippen LogP contribution < -0.4 is 10.5 Å². The Kier molecular flexibility index (Phi) is 5.84. The van der Waals surface area contributed by atoms with E-state index >= 15 is 0 Å². The van der Waals surface area contributed by atoms with Crippen molar-refractivity contribution >= 4 is 33.2 Å². The van der Waals surface area contributed by atoms with Gasteiger partial charge in [0, 0.05) is 27.8 Å². The minimum atomic E-state index is -3.89. The molecule has 1 heterocycles. The number of aryl methyl sites for hydroxylation is 2. The fourth-order valence-electron chi connectivity index (χ4n) is 3.37. The summed E-state index contributed by atoms with van der Waals surface area (Å²) >= 11 is 5.97. The minimum Gasteiger partial charge on any atom is -0.322 e. The van der Waals surface area contributed by atoms with Crippen molar-refractivity contribution in [1.82, 2.24) is 4.57 Å². The lowest BCUT2D eigenvalue weighted by Crippen LogP contribution is -2.17. The van der Waals surface area contributed by atoms with Crippen molar-refractivity contribution in [2.45, 2.75) is 32.1 Å². The summed E-state index contributed by atoms with van der Waals surface area (Å²) in [5, 5.41) is 8.72. The third-order valence-corrected chi connectivity index (χ3v) is 6.02. The highest BCUT2D eigenvalue weighted by Gasteiger charge is 2.19. The highest BCUT2D eigenvalue weighted by molar-refractivity contribution is 7.89. The maximum atomic E-state index is 12.9. The van der Waals surface area contributed by atoms with Gasteiger partial charge in [-0.2, -0.15) is 0 Å². The molecule has 0 spiro atoms. The van der Waals surface area contributed by atoms with Crippen molar-refractivity contribution in [3.8, 4) is 5.69 Å². The number of nitrogens with one attached hydrogen (secondary N) is 1. The van der Waals surface area contributed by atoms with Crippen LogP contribution in [-0.4, -0.2) is 18.9 Å². The van der Waals surface area contributed by atoms with Crippen molar-refractivity contribution in [2.75, 3.05) is 5.32 Å². The third-order valence-electron chi connectivity index (χ3n) is 4.77. The molecule has 1 aromatic heterocycles. The molecule has 3 aromatic rings. The number of hydrogen-bond acceptors (Lipinski definition) is 3. The van der Waals surface area contributed by atoms with Gasteiger partial charge in [0.1, 0.15) is 0 Å². The first-order valence-corrected chi connectivity index (χ1v) is 11.0. The average molecular weight is 432 g/mol. The van der Waals surface area contributed by atoms with Gasteiger partial charge in [0.25, 0.3) is 5.91 Å². The molecule has 3 N–H and O–H groups in total. The summed E-state index contributed by atoms with van der Waals surface area (Å²) in [5.41, 5.74) is 4.01. The van der Waals surface area contributed by atoms with E-state index < -0.39 is 10.0 Å². The lowest BCUT2D eigenvalue weighted by atomic mass is 10.1. The molecule has 152 valence electrons. The molecule has 0 fully saturated rings. The first-order chi connectivity index (χ1) is 13.6. The fraction of sp³-hybridized carbons (Fsp3) is 0.190. The number of benzene rings is 2. The molecule has 0 atom stereocenters. The van der Waals surface area contributed by atoms with E-state index in [1.54, 1.807) is 30.3 Å². The molecule has 0 radical (unpaired) electrons. The standard InChI is InChI=1S/C21H22ClN3O3S/c1-4-15-5-8-17(12-20(15)29(23,27)28)24-21(26)19-11-13(2)25(14(19)3)18-9-6-16(22)7-10-18/h5-12H,4H2,1-3H3,(H,24,26)(H2,23,27,28). The smallest absolute Gasteiger partial charge is 0.257 e. The van der Waals surface area contributed by atoms with Crippen LogP contribution in [0.1, 0.15) is 34.2 Å². The van der Waals surface area contributed by atoms with Gasteiger partial charge in [-0.1, -0.05) is 24.6 Å². The molecule has 0 aliphatic rings. The van der Waals surface area contributed by atoms with Crippen molar-refractivity contribution in [3.63, 3.8) is 0 Å². The van der Waals surface area contributed by atoms with E-state index in [2.05, 4.69) is 5.32 Å². The number of anilines is 1. The van der Waals surface area contributed by atoms with Gasteiger partial charge in [-0.15, -0.1) is 0 Å². The van der Waals surface area contributed by atoms with Gasteiger partial charge in [0.15, 0.2) is 0 Å². The van der Waals surface area contributed by atoms with Crippen molar-refractivity contribution in [1.29, 1.82) is 0 Å². The molecule has 0 bridgehead atoms. The zero-order valence-corrected chi connectivity index (χ0v) is 17.9. The van der Waals surface area contributed by atoms with E-state index in [4.69, 9.17) is 16.7 Å². The molecular formula is C21H22ClN3O3S. The summed E-state index contributed by atoms with van der Waals surface area (Å²) in [6, 6.07) is 13.9. The van der Waals surface area contributed by atoms with Crippen LogP contribution in [0.2, 0.25) is 5.02 Å². The SMILES string of the molecule is CCc1ccc(NC(=O)c2cc(C)n(-c3ccc(Cl)cc3)c2C)cc1S(N)(=O)=O. The van der Waals surface area contributed by atoms with Crippen LogP contribution in [0, 0.1) is 13.8 Å². The number of rotatable bonds is 5. The summed E-state index contributed by atoms with van der Waals surface area (Å²) in [6.45, 7) is 5.61. The van der Waals surface area contributed by atoms with Crippen molar-refractivity contribution in [2.24, 2.45) is 5.14 Å². The minimum absolute atomic E-state index is 0.0180. The van der Waals surface area contributed by atoms with Crippen molar-refractivity contribution < 1.29 is 13.2 Å². The van der Waals surface area contributed by atoms with Crippen LogP contribution in [-0.2, 0) is 16.4 Å². The van der Waals surface area contributed by atoms with Crippen LogP contribution in [0.3, 0.4) is 0 Å². The zero-order chi connectivity index (χ0) is 21.3. The van der Waals surface area contributed by atoms with Crippen LogP contribution in [0.25, 0.3) is 5.69 Å². The van der Waals surface area contributed by atoms with Crippen molar-refractivity contribution in [3.05, 3.63) is 76.1 Å². The zero-order valence-electron chi connectivity index (χ0n) is 16.4. The molecular weight excluding hydrogens is 410 g/mol. The number of amides is 1. The fourth-order valence-corrected chi connectivity index (χ4v) is 4.36. The summed E-state index contributed by atoms with van der Waals surface area (Å²) in [7, 11) is -3.89. The number of halogens is 1. The van der Waals surface area contributed by atoms with Gasteiger partial charge in [0.2, 0.25) is 10.0 Å². The Morgan fingerprint density at radius 3 is 2.34 bits per heavy atom. The van der Waals surface area contributed by atoms with Gasteiger partial charge in [-0.25, -0.2) is 13.6 Å². The number of nitrogens with two attached hydrogens (primary N) is 1. The molecule has 0 aliphatic heterocycles. The van der Waals surface area contributed by atoms with Gasteiger partial charge < -0.3 is 9.88 Å². The molecule has 0 saturated carbocycles. The normalized spacial score (nSPS) is 11.5. The largest absolute Gasteiger partial charge is 0.322 e. The number of carbonyl (C=O) groups excluding carboxylic acids is 1. The molecule has 0 aliphatic carbocycles. The number of sulfonamides is 1. The highest BCUT2D eigenvalue weighted by atomic mass is 35.5. The first-order valence-electron chi connectivity index (χ1n) is 9.03. The van der Waals surface area contributed by atoms with Gasteiger partial charge in [-0.05, 0) is 68.3 Å². The lowest BCUT2D eigenvalue weighted by Gasteiger charge is -2.11. The molecule has 2 aromatic carbocycles. The van der Waals surface area contributed by atoms with Crippen LogP contribution in [0.15, 0.2) is 53.4 Å². The van der Waals surface area contributed by atoms with E-state index in [1.807, 2.05) is 37.5 Å². The highest BCUT2D eigenvalue weighted by Crippen LogP contribution is 2.25. The second-order valence-corrected chi connectivity index (χ2v) is 8.74. The monoisotopic (exact) mass is 431 g/mol. The van der Waals surface area contributed by atoms with Gasteiger partial charge in [0.05, 0.1) is 10.5 Å². The lowest BCUT2D eigenvalue weighted by molar-refractivity contribution is 0.102. The van der Waals surface area contributed by atoms with E-state index in [-0.39, 0.29) is 10.8 Å². The molecule has 6 nitrogen and oxygen atoms in total. The average Bonchev–Trinajstić information content (AvgIpc) is 2.96. The summed E-state index contributed by atoms with van der Waals surface area (Å²) in [5.74, 6) is -0.331.